The second-order valence-corrected chi connectivity index (χ2v) is 7.44. The number of carbonyl (C=O) groups is 1. The van der Waals surface area contributed by atoms with Crippen LogP contribution in [-0.4, -0.2) is 37.4 Å². The molecule has 0 aliphatic heterocycles. The lowest BCUT2D eigenvalue weighted by Crippen LogP contribution is -2.13. The summed E-state index contributed by atoms with van der Waals surface area (Å²) in [5, 5.41) is 16.0. The highest BCUT2D eigenvalue weighted by atomic mass is 35.5. The number of benzene rings is 2. The third-order valence-corrected chi connectivity index (χ3v) is 4.73. The fraction of sp³-hybridized carbons (Fsp3) is 0.190. The Hall–Kier alpha value is -3.92. The third kappa shape index (κ3) is 4.40. The number of hydrogen-bond acceptors (Lipinski definition) is 9. The number of nitrogens with two attached hydrogens (primary N) is 1. The van der Waals surface area contributed by atoms with E-state index >= 15 is 0 Å². The maximum Gasteiger partial charge on any atom is 0.361 e. The number of ether oxygens (including phenoxy) is 2. The molecule has 2 N–H and O–H groups in total. The average molecular weight is 455 g/mol. The molecule has 0 aliphatic rings. The minimum absolute atomic E-state index is 0.00829. The van der Waals surface area contributed by atoms with E-state index in [2.05, 4.69) is 25.3 Å². The molecule has 0 saturated heterocycles. The Labute approximate surface area is 187 Å². The second kappa shape index (κ2) is 9.06. The first-order valence-corrected chi connectivity index (χ1v) is 10.0. The normalized spacial score (nSPS) is 11.0. The number of aromatic nitrogens is 5. The molecule has 2 aromatic heterocycles. The van der Waals surface area contributed by atoms with Crippen LogP contribution in [0, 0.1) is 0 Å². The Balaban J connectivity index is 1.72. The largest absolute Gasteiger partial charge is 0.489 e. The van der Waals surface area contributed by atoms with Crippen molar-refractivity contribution in [2.45, 2.75) is 26.6 Å². The van der Waals surface area contributed by atoms with Crippen LogP contribution < -0.4 is 10.5 Å². The van der Waals surface area contributed by atoms with Gasteiger partial charge >= 0.3 is 5.97 Å². The first kappa shape index (κ1) is 21.3. The summed E-state index contributed by atoms with van der Waals surface area (Å²) in [5.41, 5.74) is 7.54. The molecule has 0 unspecified atom stereocenters. The van der Waals surface area contributed by atoms with E-state index in [1.807, 2.05) is 18.2 Å². The van der Waals surface area contributed by atoms with Crippen LogP contribution in [0.5, 0.6) is 5.75 Å². The van der Waals surface area contributed by atoms with Crippen molar-refractivity contribution in [1.82, 2.24) is 25.3 Å². The van der Waals surface area contributed by atoms with Crippen molar-refractivity contribution >= 4 is 23.4 Å². The van der Waals surface area contributed by atoms with Crippen molar-refractivity contribution in [1.29, 1.82) is 0 Å². The van der Waals surface area contributed by atoms with E-state index in [1.54, 1.807) is 44.2 Å². The number of rotatable bonds is 7. The molecular formula is C21H19ClN6O4. The van der Waals surface area contributed by atoms with Gasteiger partial charge in [-0.3, -0.25) is 0 Å². The van der Waals surface area contributed by atoms with E-state index < -0.39 is 5.97 Å². The summed E-state index contributed by atoms with van der Waals surface area (Å²) in [7, 11) is 0. The maximum atomic E-state index is 12.7. The van der Waals surface area contributed by atoms with E-state index in [-0.39, 0.29) is 30.0 Å². The molecule has 0 spiro atoms. The smallest absolute Gasteiger partial charge is 0.361 e. The standard InChI is InChI=1S/C21H19ClN6O4/c1-12(2)31-21(29)17-18(28(27-24-17)20-19(23)25-32-26-20)13-7-5-8-15(10-13)30-11-14-6-3-4-9-16(14)22/h3-10,12H,11H2,1-2H3,(H2,23,25). The molecule has 0 bridgehead atoms. The number of nitrogen functional groups attached to an aromatic ring is 1. The summed E-state index contributed by atoms with van der Waals surface area (Å²) >= 11 is 6.21. The number of nitrogens with zero attached hydrogens (tertiary/aromatic N) is 5. The van der Waals surface area contributed by atoms with Gasteiger partial charge in [0.05, 0.1) is 6.10 Å². The number of halogens is 1. The molecule has 2 heterocycles. The third-order valence-electron chi connectivity index (χ3n) is 4.36. The Kier molecular flexibility index (Phi) is 6.04. The lowest BCUT2D eigenvalue weighted by molar-refractivity contribution is 0.0371. The van der Waals surface area contributed by atoms with Crippen LogP contribution in [0.25, 0.3) is 17.1 Å². The molecule has 0 fully saturated rings. The summed E-state index contributed by atoms with van der Waals surface area (Å²) in [4.78, 5) is 12.7. The number of carbonyl (C=O) groups excluding carboxylic acids is 1. The molecular weight excluding hydrogens is 436 g/mol. The highest BCUT2D eigenvalue weighted by Gasteiger charge is 2.27. The van der Waals surface area contributed by atoms with Crippen molar-refractivity contribution in [3.8, 4) is 22.8 Å². The quantitative estimate of drug-likeness (QED) is 0.415. The van der Waals surface area contributed by atoms with Crippen LogP contribution in [0.2, 0.25) is 5.02 Å². The van der Waals surface area contributed by atoms with Gasteiger partial charge in [0.25, 0.3) is 0 Å². The molecule has 4 aromatic rings. The first-order chi connectivity index (χ1) is 15.4. The Morgan fingerprint density at radius 3 is 2.72 bits per heavy atom. The van der Waals surface area contributed by atoms with Crippen molar-refractivity contribution in [3.05, 3.63) is 64.8 Å². The van der Waals surface area contributed by atoms with E-state index in [0.717, 1.165) is 5.56 Å². The van der Waals surface area contributed by atoms with Crippen LogP contribution >= 0.6 is 11.6 Å². The fourth-order valence-corrected chi connectivity index (χ4v) is 3.13. The Bertz CT molecular complexity index is 1250. The minimum atomic E-state index is -0.640. The predicted octanol–water partition coefficient (Wildman–Crippen LogP) is 3.70. The van der Waals surface area contributed by atoms with Crippen LogP contribution in [0.1, 0.15) is 29.9 Å². The van der Waals surface area contributed by atoms with E-state index in [1.165, 1.54) is 4.68 Å². The van der Waals surface area contributed by atoms with Gasteiger partial charge in [0.1, 0.15) is 18.1 Å². The summed E-state index contributed by atoms with van der Waals surface area (Å²) in [6.07, 6.45) is -0.343. The molecule has 2 aromatic carbocycles. The van der Waals surface area contributed by atoms with E-state index in [4.69, 9.17) is 26.8 Å². The number of hydrogen-bond donors (Lipinski definition) is 1. The zero-order valence-electron chi connectivity index (χ0n) is 17.2. The average Bonchev–Trinajstić information content (AvgIpc) is 3.39. The highest BCUT2D eigenvalue weighted by molar-refractivity contribution is 6.31. The fourth-order valence-electron chi connectivity index (χ4n) is 2.94. The number of esters is 1. The monoisotopic (exact) mass is 454 g/mol. The van der Waals surface area contributed by atoms with Crippen molar-refractivity contribution in [2.24, 2.45) is 0 Å². The molecule has 11 heteroatoms. The lowest BCUT2D eigenvalue weighted by atomic mass is 10.1. The minimum Gasteiger partial charge on any atom is -0.489 e. The van der Waals surface area contributed by atoms with Gasteiger partial charge in [0.15, 0.2) is 5.69 Å². The molecule has 10 nitrogen and oxygen atoms in total. The zero-order chi connectivity index (χ0) is 22.7. The lowest BCUT2D eigenvalue weighted by Gasteiger charge is -2.11. The van der Waals surface area contributed by atoms with Gasteiger partial charge in [0.2, 0.25) is 11.6 Å². The van der Waals surface area contributed by atoms with Crippen molar-refractivity contribution in [3.63, 3.8) is 0 Å². The van der Waals surface area contributed by atoms with Gasteiger partial charge in [-0.1, -0.05) is 47.1 Å². The Morgan fingerprint density at radius 1 is 1.19 bits per heavy atom. The summed E-state index contributed by atoms with van der Waals surface area (Å²) in [6.45, 7) is 3.75. The second-order valence-electron chi connectivity index (χ2n) is 7.03. The molecule has 0 aliphatic carbocycles. The van der Waals surface area contributed by atoms with Gasteiger partial charge in [-0.25, -0.2) is 9.42 Å². The van der Waals surface area contributed by atoms with Crippen LogP contribution in [0.4, 0.5) is 5.82 Å². The summed E-state index contributed by atoms with van der Waals surface area (Å²) in [5.74, 6) is -0.00667. The van der Waals surface area contributed by atoms with E-state index in [9.17, 15) is 4.79 Å². The molecule has 0 atom stereocenters. The van der Waals surface area contributed by atoms with Crippen molar-refractivity contribution in [2.75, 3.05) is 5.73 Å². The SMILES string of the molecule is CC(C)OC(=O)c1nnn(-c2nonc2N)c1-c1cccc(OCc2ccccc2Cl)c1. The Morgan fingerprint density at radius 2 is 2.00 bits per heavy atom. The van der Waals surface area contributed by atoms with Crippen LogP contribution in [0.15, 0.2) is 53.2 Å². The van der Waals surface area contributed by atoms with Gasteiger partial charge in [-0.15, -0.1) is 5.10 Å². The number of anilines is 1. The highest BCUT2D eigenvalue weighted by Crippen LogP contribution is 2.30. The molecule has 164 valence electrons. The predicted molar refractivity (Wildman–Crippen MR) is 115 cm³/mol. The van der Waals surface area contributed by atoms with Crippen LogP contribution in [0.3, 0.4) is 0 Å². The van der Waals surface area contributed by atoms with Gasteiger partial charge in [-0.05, 0) is 42.4 Å². The summed E-state index contributed by atoms with van der Waals surface area (Å²) in [6, 6.07) is 14.5. The van der Waals surface area contributed by atoms with Crippen LogP contribution in [-0.2, 0) is 11.3 Å². The first-order valence-electron chi connectivity index (χ1n) is 9.65. The zero-order valence-corrected chi connectivity index (χ0v) is 18.0. The molecule has 0 amide bonds. The van der Waals surface area contributed by atoms with Crippen molar-refractivity contribution < 1.29 is 18.9 Å². The molecule has 0 radical (unpaired) electrons. The maximum absolute atomic E-state index is 12.7. The van der Waals surface area contributed by atoms with Gasteiger partial charge in [-0.2, -0.15) is 4.68 Å². The van der Waals surface area contributed by atoms with E-state index in [0.29, 0.717) is 22.0 Å². The summed E-state index contributed by atoms with van der Waals surface area (Å²) < 4.78 is 17.2. The molecule has 4 rings (SSSR count). The van der Waals surface area contributed by atoms with Gasteiger partial charge < -0.3 is 15.2 Å². The topological polar surface area (TPSA) is 131 Å². The molecule has 32 heavy (non-hydrogen) atoms. The molecule has 0 saturated carbocycles. The van der Waals surface area contributed by atoms with Gasteiger partial charge in [0, 0.05) is 16.1 Å².